The third-order valence-electron chi connectivity index (χ3n) is 3.41. The summed E-state index contributed by atoms with van der Waals surface area (Å²) in [5.41, 5.74) is 5.85. The highest BCUT2D eigenvalue weighted by Gasteiger charge is 2.32. The molecule has 0 aliphatic heterocycles. The van der Waals surface area contributed by atoms with Gasteiger partial charge in [0.1, 0.15) is 11.6 Å². The van der Waals surface area contributed by atoms with Crippen molar-refractivity contribution in [2.45, 2.75) is 25.2 Å². The average Bonchev–Trinajstić information content (AvgIpc) is 2.72. The van der Waals surface area contributed by atoms with Gasteiger partial charge in [0.2, 0.25) is 0 Å². The van der Waals surface area contributed by atoms with Crippen LogP contribution in [0, 0.1) is 17.6 Å². The van der Waals surface area contributed by atoms with E-state index in [2.05, 4.69) is 15.9 Å². The first-order valence-electron chi connectivity index (χ1n) is 5.48. The molecule has 0 heterocycles. The molecule has 1 aromatic carbocycles. The van der Waals surface area contributed by atoms with Crippen molar-refractivity contribution < 1.29 is 8.78 Å². The molecule has 1 fully saturated rings. The van der Waals surface area contributed by atoms with Gasteiger partial charge in [-0.3, -0.25) is 0 Å². The highest BCUT2D eigenvalue weighted by atomic mass is 79.9. The zero-order chi connectivity index (χ0) is 11.7. The highest BCUT2D eigenvalue weighted by molar-refractivity contribution is 9.10. The van der Waals surface area contributed by atoms with E-state index in [1.54, 1.807) is 0 Å². The summed E-state index contributed by atoms with van der Waals surface area (Å²) in [6.07, 6.45) is 2.79. The Labute approximate surface area is 102 Å². The maximum Gasteiger partial charge on any atom is 0.143 e. The minimum Gasteiger partial charge on any atom is -0.330 e. The molecule has 0 aromatic heterocycles. The van der Waals surface area contributed by atoms with E-state index >= 15 is 0 Å². The molecule has 1 aliphatic rings. The van der Waals surface area contributed by atoms with Crippen molar-refractivity contribution in [3.63, 3.8) is 0 Å². The van der Waals surface area contributed by atoms with Gasteiger partial charge in [-0.15, -0.1) is 0 Å². The Balaban J connectivity index is 2.43. The Morgan fingerprint density at radius 1 is 1.31 bits per heavy atom. The standard InChI is InChI=1S/C12H14BrF2N/c13-9-4-5-10(14)11(12(9)15)8-3-1-2-7(8)6-16/h4-5,7-8H,1-3,6,16H2. The van der Waals surface area contributed by atoms with E-state index in [1.807, 2.05) is 0 Å². The summed E-state index contributed by atoms with van der Waals surface area (Å²) >= 11 is 3.10. The highest BCUT2D eigenvalue weighted by Crippen LogP contribution is 2.42. The van der Waals surface area contributed by atoms with Gasteiger partial charge in [-0.25, -0.2) is 8.78 Å². The minimum absolute atomic E-state index is 0.0671. The number of benzene rings is 1. The van der Waals surface area contributed by atoms with Crippen molar-refractivity contribution >= 4 is 15.9 Å². The monoisotopic (exact) mass is 289 g/mol. The largest absolute Gasteiger partial charge is 0.330 e. The van der Waals surface area contributed by atoms with E-state index in [1.165, 1.54) is 12.1 Å². The van der Waals surface area contributed by atoms with Crippen LogP contribution in [0.4, 0.5) is 8.78 Å². The second-order valence-corrected chi connectivity index (χ2v) is 5.14. The SMILES string of the molecule is NCC1CCCC1c1c(F)ccc(Br)c1F. The lowest BCUT2D eigenvalue weighted by atomic mass is 9.88. The summed E-state index contributed by atoms with van der Waals surface area (Å²) in [6.45, 7) is 0.496. The lowest BCUT2D eigenvalue weighted by Crippen LogP contribution is -2.19. The molecule has 1 nitrogen and oxygen atoms in total. The molecule has 2 unspecified atom stereocenters. The first-order valence-corrected chi connectivity index (χ1v) is 6.28. The van der Waals surface area contributed by atoms with Crippen molar-refractivity contribution in [2.75, 3.05) is 6.54 Å². The van der Waals surface area contributed by atoms with Gasteiger partial charge in [0, 0.05) is 5.56 Å². The van der Waals surface area contributed by atoms with Crippen LogP contribution in [0.1, 0.15) is 30.7 Å². The van der Waals surface area contributed by atoms with Gasteiger partial charge in [-0.2, -0.15) is 0 Å². The fraction of sp³-hybridized carbons (Fsp3) is 0.500. The smallest absolute Gasteiger partial charge is 0.143 e. The molecule has 4 heteroatoms. The summed E-state index contributed by atoms with van der Waals surface area (Å²) in [7, 11) is 0. The van der Waals surface area contributed by atoms with Crippen LogP contribution in [0.3, 0.4) is 0 Å². The zero-order valence-electron chi connectivity index (χ0n) is 8.85. The molecular formula is C12H14BrF2N. The Hall–Kier alpha value is -0.480. The molecular weight excluding hydrogens is 276 g/mol. The van der Waals surface area contributed by atoms with Crippen molar-refractivity contribution in [1.29, 1.82) is 0 Å². The first-order chi connectivity index (χ1) is 7.65. The maximum absolute atomic E-state index is 13.9. The molecule has 0 bridgehead atoms. The fourth-order valence-corrected chi connectivity index (χ4v) is 2.93. The topological polar surface area (TPSA) is 26.0 Å². The third-order valence-corrected chi connectivity index (χ3v) is 4.02. The van der Waals surface area contributed by atoms with Crippen molar-refractivity contribution in [1.82, 2.24) is 0 Å². The van der Waals surface area contributed by atoms with Gasteiger partial charge < -0.3 is 5.73 Å². The lowest BCUT2D eigenvalue weighted by Gasteiger charge is -2.19. The molecule has 0 radical (unpaired) electrons. The van der Waals surface area contributed by atoms with Gasteiger partial charge in [0.15, 0.2) is 0 Å². The van der Waals surface area contributed by atoms with E-state index < -0.39 is 11.6 Å². The van der Waals surface area contributed by atoms with Gasteiger partial charge in [-0.05, 0) is 59.3 Å². The molecule has 88 valence electrons. The van der Waals surface area contributed by atoms with Crippen LogP contribution in [-0.4, -0.2) is 6.54 Å². The van der Waals surface area contributed by atoms with E-state index in [0.717, 1.165) is 19.3 Å². The zero-order valence-corrected chi connectivity index (χ0v) is 10.4. The molecule has 16 heavy (non-hydrogen) atoms. The summed E-state index contributed by atoms with van der Waals surface area (Å²) in [5, 5.41) is 0. The molecule has 2 rings (SSSR count). The number of halogens is 3. The molecule has 1 aliphatic carbocycles. The normalized spacial score (nSPS) is 25.0. The summed E-state index contributed by atoms with van der Waals surface area (Å²) in [6, 6.07) is 2.72. The number of hydrogen-bond acceptors (Lipinski definition) is 1. The molecule has 0 saturated heterocycles. The quantitative estimate of drug-likeness (QED) is 0.828. The molecule has 1 saturated carbocycles. The molecule has 2 N–H and O–H groups in total. The van der Waals surface area contributed by atoms with Gasteiger partial charge >= 0.3 is 0 Å². The van der Waals surface area contributed by atoms with Crippen molar-refractivity contribution in [2.24, 2.45) is 11.7 Å². The fourth-order valence-electron chi connectivity index (χ4n) is 2.58. The Kier molecular flexibility index (Phi) is 3.60. The Bertz CT molecular complexity index is 395. The second kappa shape index (κ2) is 4.80. The van der Waals surface area contributed by atoms with Crippen LogP contribution in [-0.2, 0) is 0 Å². The van der Waals surface area contributed by atoms with Crippen LogP contribution < -0.4 is 5.73 Å². The molecule has 2 atom stereocenters. The Morgan fingerprint density at radius 3 is 2.75 bits per heavy atom. The van der Waals surface area contributed by atoms with E-state index in [9.17, 15) is 8.78 Å². The predicted molar refractivity (Wildman–Crippen MR) is 63.2 cm³/mol. The first kappa shape index (κ1) is 12.0. The average molecular weight is 290 g/mol. The summed E-state index contributed by atoms with van der Waals surface area (Å²) in [5.74, 6) is -0.780. The number of nitrogens with two attached hydrogens (primary N) is 1. The summed E-state index contributed by atoms with van der Waals surface area (Å²) in [4.78, 5) is 0. The molecule has 0 amide bonds. The molecule has 0 spiro atoms. The van der Waals surface area contributed by atoms with Crippen LogP contribution >= 0.6 is 15.9 Å². The van der Waals surface area contributed by atoms with E-state index in [4.69, 9.17) is 5.73 Å². The second-order valence-electron chi connectivity index (χ2n) is 4.29. The minimum atomic E-state index is -0.467. The predicted octanol–water partition coefficient (Wildman–Crippen LogP) is 3.57. The Morgan fingerprint density at radius 2 is 2.06 bits per heavy atom. The van der Waals surface area contributed by atoms with Crippen LogP contribution in [0.25, 0.3) is 0 Å². The number of hydrogen-bond donors (Lipinski definition) is 1. The van der Waals surface area contributed by atoms with Gasteiger partial charge in [-0.1, -0.05) is 6.42 Å². The molecule has 1 aromatic rings. The maximum atomic E-state index is 13.9. The van der Waals surface area contributed by atoms with E-state index in [-0.39, 0.29) is 17.4 Å². The third kappa shape index (κ3) is 2.00. The van der Waals surface area contributed by atoms with Crippen molar-refractivity contribution in [3.8, 4) is 0 Å². The van der Waals surface area contributed by atoms with Crippen molar-refractivity contribution in [3.05, 3.63) is 33.8 Å². The van der Waals surface area contributed by atoms with Gasteiger partial charge in [0.05, 0.1) is 4.47 Å². The summed E-state index contributed by atoms with van der Waals surface area (Å²) < 4.78 is 27.9. The van der Waals surface area contributed by atoms with Crippen LogP contribution in [0.5, 0.6) is 0 Å². The van der Waals surface area contributed by atoms with Crippen LogP contribution in [0.2, 0.25) is 0 Å². The van der Waals surface area contributed by atoms with Gasteiger partial charge in [0.25, 0.3) is 0 Å². The van der Waals surface area contributed by atoms with E-state index in [0.29, 0.717) is 11.0 Å². The van der Waals surface area contributed by atoms with Crippen LogP contribution in [0.15, 0.2) is 16.6 Å². The lowest BCUT2D eigenvalue weighted by molar-refractivity contribution is 0.447. The number of rotatable bonds is 2.